The fourth-order valence-corrected chi connectivity index (χ4v) is 2.53. The molecule has 2 rings (SSSR count). The van der Waals surface area contributed by atoms with Crippen LogP contribution in [0.1, 0.15) is 54.6 Å². The first kappa shape index (κ1) is 12.2. The summed E-state index contributed by atoms with van der Waals surface area (Å²) in [7, 11) is 0. The monoisotopic (exact) mass is 232 g/mol. The highest BCUT2D eigenvalue weighted by atomic mass is 16.1. The summed E-state index contributed by atoms with van der Waals surface area (Å²) in [6.07, 6.45) is 8.67. The fraction of sp³-hybridized carbons (Fsp3) is 0.571. The van der Waals surface area contributed by atoms with Crippen LogP contribution in [0.15, 0.2) is 18.3 Å². The van der Waals surface area contributed by atoms with Crippen LogP contribution in [0, 0.1) is 5.92 Å². The molecule has 0 amide bonds. The lowest BCUT2D eigenvalue weighted by Gasteiger charge is -2.20. The molecule has 1 aliphatic carbocycles. The van der Waals surface area contributed by atoms with E-state index in [0.717, 1.165) is 11.3 Å². The Kier molecular flexibility index (Phi) is 4.26. The Morgan fingerprint density at radius 2 is 2.12 bits per heavy atom. The zero-order chi connectivity index (χ0) is 12.1. The molecule has 1 aromatic rings. The minimum Gasteiger partial charge on any atom is -0.325 e. The maximum absolute atomic E-state index is 12.1. The van der Waals surface area contributed by atoms with E-state index in [4.69, 9.17) is 5.73 Å². The molecular weight excluding hydrogens is 212 g/mol. The van der Waals surface area contributed by atoms with E-state index >= 15 is 0 Å². The average molecular weight is 232 g/mol. The molecular formula is C14H20N2O. The third-order valence-electron chi connectivity index (χ3n) is 3.55. The molecule has 0 aliphatic heterocycles. The van der Waals surface area contributed by atoms with Crippen LogP contribution in [-0.4, -0.2) is 10.8 Å². The highest BCUT2D eigenvalue weighted by Gasteiger charge is 2.18. The molecule has 0 radical (unpaired) electrons. The van der Waals surface area contributed by atoms with Gasteiger partial charge in [0.15, 0.2) is 5.78 Å². The molecule has 0 aromatic carbocycles. The normalized spacial score (nSPS) is 17.0. The molecule has 17 heavy (non-hydrogen) atoms. The molecule has 0 unspecified atom stereocenters. The molecule has 0 bridgehead atoms. The standard InChI is InChI=1S/C14H20N2O/c15-10-13-9-12(6-7-16-13)14(17)8-11-4-2-1-3-5-11/h6-7,9,11H,1-5,8,10,15H2. The van der Waals surface area contributed by atoms with E-state index in [9.17, 15) is 4.79 Å². The van der Waals surface area contributed by atoms with Crippen LogP contribution in [0.5, 0.6) is 0 Å². The largest absolute Gasteiger partial charge is 0.325 e. The highest BCUT2D eigenvalue weighted by Crippen LogP contribution is 2.27. The number of hydrogen-bond donors (Lipinski definition) is 1. The van der Waals surface area contributed by atoms with E-state index in [1.165, 1.54) is 32.1 Å². The zero-order valence-corrected chi connectivity index (χ0v) is 10.2. The lowest BCUT2D eigenvalue weighted by molar-refractivity contribution is 0.0950. The van der Waals surface area contributed by atoms with E-state index in [1.54, 1.807) is 12.3 Å². The Balaban J connectivity index is 1.98. The highest BCUT2D eigenvalue weighted by molar-refractivity contribution is 5.96. The predicted octanol–water partition coefficient (Wildman–Crippen LogP) is 2.69. The summed E-state index contributed by atoms with van der Waals surface area (Å²) in [6, 6.07) is 3.62. The summed E-state index contributed by atoms with van der Waals surface area (Å²) in [5.74, 6) is 0.833. The number of aromatic nitrogens is 1. The molecule has 3 nitrogen and oxygen atoms in total. The van der Waals surface area contributed by atoms with E-state index in [-0.39, 0.29) is 5.78 Å². The van der Waals surface area contributed by atoms with Gasteiger partial charge in [0.2, 0.25) is 0 Å². The smallest absolute Gasteiger partial charge is 0.163 e. The topological polar surface area (TPSA) is 56.0 Å². The van der Waals surface area contributed by atoms with Crippen molar-refractivity contribution in [2.75, 3.05) is 0 Å². The van der Waals surface area contributed by atoms with Crippen LogP contribution in [0.2, 0.25) is 0 Å². The van der Waals surface area contributed by atoms with E-state index < -0.39 is 0 Å². The molecule has 0 saturated heterocycles. The first-order valence-electron chi connectivity index (χ1n) is 6.48. The maximum Gasteiger partial charge on any atom is 0.163 e. The summed E-state index contributed by atoms with van der Waals surface area (Å²) >= 11 is 0. The average Bonchev–Trinajstić information content (AvgIpc) is 2.40. The van der Waals surface area contributed by atoms with Gasteiger partial charge in [0.05, 0.1) is 5.69 Å². The van der Waals surface area contributed by atoms with Crippen LogP contribution < -0.4 is 5.73 Å². The van der Waals surface area contributed by atoms with Crippen LogP contribution in [0.25, 0.3) is 0 Å². The molecule has 1 saturated carbocycles. The van der Waals surface area contributed by atoms with Crippen molar-refractivity contribution in [1.29, 1.82) is 0 Å². The molecule has 1 fully saturated rings. The van der Waals surface area contributed by atoms with Crippen molar-refractivity contribution in [3.8, 4) is 0 Å². The van der Waals surface area contributed by atoms with Gasteiger partial charge in [-0.3, -0.25) is 9.78 Å². The molecule has 2 N–H and O–H groups in total. The van der Waals surface area contributed by atoms with Gasteiger partial charge in [-0.15, -0.1) is 0 Å². The van der Waals surface area contributed by atoms with Crippen LogP contribution in [0.4, 0.5) is 0 Å². The first-order valence-corrected chi connectivity index (χ1v) is 6.48. The van der Waals surface area contributed by atoms with Gasteiger partial charge in [-0.2, -0.15) is 0 Å². The number of carbonyl (C=O) groups excluding carboxylic acids is 1. The Labute approximate surface area is 102 Å². The van der Waals surface area contributed by atoms with Gasteiger partial charge in [-0.25, -0.2) is 0 Å². The second-order valence-electron chi connectivity index (χ2n) is 4.87. The zero-order valence-electron chi connectivity index (χ0n) is 10.2. The van der Waals surface area contributed by atoms with Gasteiger partial charge in [0.25, 0.3) is 0 Å². The third-order valence-corrected chi connectivity index (χ3v) is 3.55. The number of nitrogens with zero attached hydrogens (tertiary/aromatic N) is 1. The van der Waals surface area contributed by atoms with Gasteiger partial charge >= 0.3 is 0 Å². The molecule has 1 heterocycles. The van der Waals surface area contributed by atoms with Gasteiger partial charge < -0.3 is 5.73 Å². The summed E-state index contributed by atoms with van der Waals surface area (Å²) in [6.45, 7) is 0.393. The maximum atomic E-state index is 12.1. The summed E-state index contributed by atoms with van der Waals surface area (Å²) in [5, 5.41) is 0. The van der Waals surface area contributed by atoms with Crippen LogP contribution >= 0.6 is 0 Å². The van der Waals surface area contributed by atoms with Gasteiger partial charge in [-0.05, 0) is 18.1 Å². The molecule has 1 aliphatic rings. The SMILES string of the molecule is NCc1cc(C(=O)CC2CCCCC2)ccn1. The fourth-order valence-electron chi connectivity index (χ4n) is 2.53. The lowest BCUT2D eigenvalue weighted by atomic mass is 9.85. The Morgan fingerprint density at radius 1 is 1.35 bits per heavy atom. The number of pyridine rings is 1. The molecule has 3 heteroatoms. The minimum absolute atomic E-state index is 0.244. The van der Waals surface area contributed by atoms with Gasteiger partial charge in [0.1, 0.15) is 0 Å². The predicted molar refractivity (Wildman–Crippen MR) is 67.7 cm³/mol. The molecule has 1 aromatic heterocycles. The van der Waals surface area contributed by atoms with Gasteiger partial charge in [0, 0.05) is 24.7 Å². The summed E-state index contributed by atoms with van der Waals surface area (Å²) in [5.41, 5.74) is 7.09. The Morgan fingerprint density at radius 3 is 2.82 bits per heavy atom. The molecule has 92 valence electrons. The second kappa shape index (κ2) is 5.92. The number of nitrogens with two attached hydrogens (primary N) is 1. The van der Waals surface area contributed by atoms with E-state index in [2.05, 4.69) is 4.98 Å². The summed E-state index contributed by atoms with van der Waals surface area (Å²) in [4.78, 5) is 16.2. The van der Waals surface area contributed by atoms with Gasteiger partial charge in [-0.1, -0.05) is 32.1 Å². The number of Topliss-reactive ketones (excluding diaryl/α,β-unsaturated/α-hetero) is 1. The lowest BCUT2D eigenvalue weighted by Crippen LogP contribution is -2.13. The second-order valence-corrected chi connectivity index (χ2v) is 4.87. The van der Waals surface area contributed by atoms with E-state index in [1.807, 2.05) is 6.07 Å². The van der Waals surface area contributed by atoms with E-state index in [0.29, 0.717) is 18.9 Å². The molecule has 0 spiro atoms. The first-order chi connectivity index (χ1) is 8.29. The Bertz CT molecular complexity index is 384. The van der Waals surface area contributed by atoms with Crippen LogP contribution in [0.3, 0.4) is 0 Å². The Hall–Kier alpha value is -1.22. The number of carbonyl (C=O) groups is 1. The molecule has 0 atom stereocenters. The van der Waals surface area contributed by atoms with Crippen molar-refractivity contribution in [3.63, 3.8) is 0 Å². The van der Waals surface area contributed by atoms with Crippen molar-refractivity contribution in [2.45, 2.75) is 45.1 Å². The number of hydrogen-bond acceptors (Lipinski definition) is 3. The number of rotatable bonds is 4. The number of ketones is 1. The summed E-state index contributed by atoms with van der Waals surface area (Å²) < 4.78 is 0. The quantitative estimate of drug-likeness (QED) is 0.812. The van der Waals surface area contributed by atoms with Crippen molar-refractivity contribution in [3.05, 3.63) is 29.6 Å². The van der Waals surface area contributed by atoms with Crippen molar-refractivity contribution >= 4 is 5.78 Å². The van der Waals surface area contributed by atoms with Crippen molar-refractivity contribution in [1.82, 2.24) is 4.98 Å². The minimum atomic E-state index is 0.244. The third kappa shape index (κ3) is 3.37. The van der Waals surface area contributed by atoms with Crippen molar-refractivity contribution < 1.29 is 4.79 Å². The van der Waals surface area contributed by atoms with Crippen LogP contribution in [-0.2, 0) is 6.54 Å². The van der Waals surface area contributed by atoms with Crippen molar-refractivity contribution in [2.24, 2.45) is 11.7 Å².